The summed E-state index contributed by atoms with van der Waals surface area (Å²) in [4.78, 5) is 21.0. The highest BCUT2D eigenvalue weighted by Crippen LogP contribution is 2.18. The van der Waals surface area contributed by atoms with Gasteiger partial charge in [0.25, 0.3) is 5.91 Å². The number of piperazine rings is 1. The molecule has 1 aromatic carbocycles. The van der Waals surface area contributed by atoms with E-state index in [0.29, 0.717) is 11.7 Å². The SMILES string of the molecule is CC(C)n1cnc(C(=O)N2CCN(Cc3ccccc3Cl)CC2)c1. The molecule has 5 nitrogen and oxygen atoms in total. The Morgan fingerprint density at radius 1 is 1.21 bits per heavy atom. The second kappa shape index (κ2) is 7.36. The van der Waals surface area contributed by atoms with Crippen molar-refractivity contribution in [3.63, 3.8) is 0 Å². The highest BCUT2D eigenvalue weighted by atomic mass is 35.5. The monoisotopic (exact) mass is 346 g/mol. The molecule has 2 aromatic rings. The Bertz CT molecular complexity index is 705. The molecule has 128 valence electrons. The normalized spacial score (nSPS) is 15.9. The zero-order valence-corrected chi connectivity index (χ0v) is 14.9. The van der Waals surface area contributed by atoms with Crippen molar-refractivity contribution in [2.45, 2.75) is 26.4 Å². The predicted molar refractivity (Wildman–Crippen MR) is 95.2 cm³/mol. The molecule has 24 heavy (non-hydrogen) atoms. The molecule has 0 aliphatic carbocycles. The third-order valence-electron chi connectivity index (χ3n) is 4.43. The molecule has 2 heterocycles. The van der Waals surface area contributed by atoms with Gasteiger partial charge in [0, 0.05) is 50.0 Å². The van der Waals surface area contributed by atoms with E-state index in [2.05, 4.69) is 29.8 Å². The number of hydrogen-bond acceptors (Lipinski definition) is 3. The molecule has 0 bridgehead atoms. The van der Waals surface area contributed by atoms with Crippen LogP contribution in [0.1, 0.15) is 35.9 Å². The van der Waals surface area contributed by atoms with Crippen molar-refractivity contribution in [2.24, 2.45) is 0 Å². The molecule has 1 aromatic heterocycles. The maximum Gasteiger partial charge on any atom is 0.274 e. The Balaban J connectivity index is 1.56. The number of imidazole rings is 1. The average Bonchev–Trinajstić information content (AvgIpc) is 3.07. The fraction of sp³-hybridized carbons (Fsp3) is 0.444. The molecule has 0 unspecified atom stereocenters. The van der Waals surface area contributed by atoms with Gasteiger partial charge in [-0.15, -0.1) is 0 Å². The average molecular weight is 347 g/mol. The van der Waals surface area contributed by atoms with E-state index < -0.39 is 0 Å². The van der Waals surface area contributed by atoms with E-state index in [1.54, 1.807) is 6.33 Å². The fourth-order valence-electron chi connectivity index (χ4n) is 2.87. The molecule has 0 spiro atoms. The first kappa shape index (κ1) is 17.0. The zero-order chi connectivity index (χ0) is 17.1. The van der Waals surface area contributed by atoms with Crippen LogP contribution in [0.25, 0.3) is 0 Å². The Kier molecular flexibility index (Phi) is 5.21. The van der Waals surface area contributed by atoms with Crippen LogP contribution in [-0.2, 0) is 6.54 Å². The highest BCUT2D eigenvalue weighted by molar-refractivity contribution is 6.31. The number of benzene rings is 1. The van der Waals surface area contributed by atoms with E-state index in [4.69, 9.17) is 11.6 Å². The van der Waals surface area contributed by atoms with Crippen LogP contribution >= 0.6 is 11.6 Å². The summed E-state index contributed by atoms with van der Waals surface area (Å²) in [5.41, 5.74) is 1.66. The van der Waals surface area contributed by atoms with Crippen molar-refractivity contribution in [2.75, 3.05) is 26.2 Å². The number of rotatable bonds is 4. The van der Waals surface area contributed by atoms with Gasteiger partial charge in [0.1, 0.15) is 5.69 Å². The minimum atomic E-state index is 0.0202. The van der Waals surface area contributed by atoms with Crippen molar-refractivity contribution < 1.29 is 4.79 Å². The van der Waals surface area contributed by atoms with E-state index in [1.165, 1.54) is 0 Å². The molecule has 0 atom stereocenters. The zero-order valence-electron chi connectivity index (χ0n) is 14.2. The molecule has 0 N–H and O–H groups in total. The molecular weight excluding hydrogens is 324 g/mol. The Hall–Kier alpha value is -1.85. The van der Waals surface area contributed by atoms with Gasteiger partial charge in [0.15, 0.2) is 0 Å². The van der Waals surface area contributed by atoms with Gasteiger partial charge in [0.2, 0.25) is 0 Å². The van der Waals surface area contributed by atoms with E-state index in [9.17, 15) is 4.79 Å². The van der Waals surface area contributed by atoms with Crippen LogP contribution in [0.2, 0.25) is 5.02 Å². The smallest absolute Gasteiger partial charge is 0.274 e. The molecule has 0 radical (unpaired) electrons. The predicted octanol–water partition coefficient (Wildman–Crippen LogP) is 3.08. The summed E-state index contributed by atoms with van der Waals surface area (Å²) in [6.45, 7) is 8.11. The molecule has 0 saturated carbocycles. The number of carbonyl (C=O) groups excluding carboxylic acids is 1. The standard InChI is InChI=1S/C18H23ClN4O/c1-14(2)23-12-17(20-13-23)18(24)22-9-7-21(8-10-22)11-15-5-3-4-6-16(15)19/h3-6,12-14H,7-11H2,1-2H3. The molecule has 1 fully saturated rings. The van der Waals surface area contributed by atoms with E-state index >= 15 is 0 Å². The van der Waals surface area contributed by atoms with Crippen LogP contribution < -0.4 is 0 Å². The highest BCUT2D eigenvalue weighted by Gasteiger charge is 2.24. The van der Waals surface area contributed by atoms with Gasteiger partial charge in [-0.2, -0.15) is 0 Å². The van der Waals surface area contributed by atoms with Crippen molar-refractivity contribution >= 4 is 17.5 Å². The fourth-order valence-corrected chi connectivity index (χ4v) is 3.06. The second-order valence-corrected chi connectivity index (χ2v) is 6.87. The third-order valence-corrected chi connectivity index (χ3v) is 4.80. The molecule has 6 heteroatoms. The van der Waals surface area contributed by atoms with Gasteiger partial charge in [0.05, 0.1) is 6.33 Å². The maximum atomic E-state index is 12.6. The number of carbonyl (C=O) groups is 1. The maximum absolute atomic E-state index is 12.6. The van der Waals surface area contributed by atoms with E-state index in [-0.39, 0.29) is 5.91 Å². The lowest BCUT2D eigenvalue weighted by Crippen LogP contribution is -2.48. The van der Waals surface area contributed by atoms with Crippen LogP contribution in [0, 0.1) is 0 Å². The van der Waals surface area contributed by atoms with Crippen LogP contribution in [0.3, 0.4) is 0 Å². The summed E-state index contributed by atoms with van der Waals surface area (Å²) in [5, 5.41) is 0.801. The minimum absolute atomic E-state index is 0.0202. The van der Waals surface area contributed by atoms with Crippen LogP contribution in [-0.4, -0.2) is 51.4 Å². The van der Waals surface area contributed by atoms with Gasteiger partial charge in [-0.3, -0.25) is 9.69 Å². The number of amides is 1. The molecule has 1 aliphatic heterocycles. The van der Waals surface area contributed by atoms with Crippen molar-refractivity contribution in [1.29, 1.82) is 0 Å². The summed E-state index contributed by atoms with van der Waals surface area (Å²) in [6.07, 6.45) is 3.56. The van der Waals surface area contributed by atoms with Crippen LogP contribution in [0.4, 0.5) is 0 Å². The van der Waals surface area contributed by atoms with Crippen molar-refractivity contribution in [1.82, 2.24) is 19.4 Å². The van der Waals surface area contributed by atoms with Gasteiger partial charge < -0.3 is 9.47 Å². The summed E-state index contributed by atoms with van der Waals surface area (Å²) < 4.78 is 1.96. The number of halogens is 1. The van der Waals surface area contributed by atoms with E-state index in [0.717, 1.165) is 43.3 Å². The second-order valence-electron chi connectivity index (χ2n) is 6.46. The van der Waals surface area contributed by atoms with Gasteiger partial charge in [-0.05, 0) is 25.5 Å². The van der Waals surface area contributed by atoms with Gasteiger partial charge in [-0.25, -0.2) is 4.98 Å². The quantitative estimate of drug-likeness (QED) is 0.854. The van der Waals surface area contributed by atoms with Crippen LogP contribution in [0.5, 0.6) is 0 Å². The van der Waals surface area contributed by atoms with E-state index in [1.807, 2.05) is 33.9 Å². The van der Waals surface area contributed by atoms with Crippen molar-refractivity contribution in [3.05, 3.63) is 53.1 Å². The molecule has 1 aliphatic rings. The first-order valence-electron chi connectivity index (χ1n) is 8.33. The van der Waals surface area contributed by atoms with Gasteiger partial charge in [-0.1, -0.05) is 29.8 Å². The lowest BCUT2D eigenvalue weighted by molar-refractivity contribution is 0.0623. The molecule has 3 rings (SSSR count). The lowest BCUT2D eigenvalue weighted by Gasteiger charge is -2.34. The Morgan fingerprint density at radius 3 is 2.54 bits per heavy atom. The number of hydrogen-bond donors (Lipinski definition) is 0. The summed E-state index contributed by atoms with van der Waals surface area (Å²) in [5.74, 6) is 0.0202. The molecular formula is C18H23ClN4O. The number of nitrogens with zero attached hydrogens (tertiary/aromatic N) is 4. The Labute approximate surface area is 147 Å². The lowest BCUT2D eigenvalue weighted by atomic mass is 10.2. The first-order chi connectivity index (χ1) is 11.5. The largest absolute Gasteiger partial charge is 0.335 e. The van der Waals surface area contributed by atoms with Crippen LogP contribution in [0.15, 0.2) is 36.8 Å². The van der Waals surface area contributed by atoms with Gasteiger partial charge >= 0.3 is 0 Å². The topological polar surface area (TPSA) is 41.4 Å². The minimum Gasteiger partial charge on any atom is -0.335 e. The summed E-state index contributed by atoms with van der Waals surface area (Å²) in [7, 11) is 0. The molecule has 1 amide bonds. The van der Waals surface area contributed by atoms with Crippen molar-refractivity contribution in [3.8, 4) is 0 Å². The number of aromatic nitrogens is 2. The third kappa shape index (κ3) is 3.79. The Morgan fingerprint density at radius 2 is 1.92 bits per heavy atom. The molecule has 1 saturated heterocycles. The summed E-state index contributed by atoms with van der Waals surface area (Å²) >= 11 is 6.23. The first-order valence-corrected chi connectivity index (χ1v) is 8.71. The summed E-state index contributed by atoms with van der Waals surface area (Å²) in [6, 6.07) is 8.23.